The van der Waals surface area contributed by atoms with Crippen LogP contribution >= 0.6 is 0 Å². The van der Waals surface area contributed by atoms with Gasteiger partial charge in [-0.3, -0.25) is 4.79 Å². The van der Waals surface area contributed by atoms with E-state index in [1.54, 1.807) is 6.07 Å². The molecule has 0 radical (unpaired) electrons. The van der Waals surface area contributed by atoms with Crippen LogP contribution in [0.4, 0.5) is 11.4 Å². The zero-order chi connectivity index (χ0) is 15.4. The second-order valence-electron chi connectivity index (χ2n) is 5.31. The number of hydrogen-bond donors (Lipinski definition) is 2. The van der Waals surface area contributed by atoms with Crippen LogP contribution in [0.5, 0.6) is 0 Å². The number of rotatable bonds is 5. The van der Waals surface area contributed by atoms with Gasteiger partial charge < -0.3 is 16.0 Å². The van der Waals surface area contributed by atoms with E-state index in [9.17, 15) is 4.79 Å². The molecule has 3 N–H and O–H groups in total. The highest BCUT2D eigenvalue weighted by atomic mass is 16.1. The van der Waals surface area contributed by atoms with Crippen molar-refractivity contribution < 1.29 is 4.79 Å². The summed E-state index contributed by atoms with van der Waals surface area (Å²) in [6.45, 7) is 2.73. The van der Waals surface area contributed by atoms with E-state index in [2.05, 4.69) is 35.3 Å². The predicted octanol–water partition coefficient (Wildman–Crippen LogP) is 2.77. The number of amides is 1. The zero-order valence-corrected chi connectivity index (χ0v) is 12.7. The van der Waals surface area contributed by atoms with E-state index in [-0.39, 0.29) is 0 Å². The molecule has 0 aliphatic heterocycles. The topological polar surface area (TPSA) is 58.4 Å². The number of anilines is 2. The molecule has 0 saturated carbocycles. The fourth-order valence-corrected chi connectivity index (χ4v) is 2.16. The van der Waals surface area contributed by atoms with Gasteiger partial charge >= 0.3 is 0 Å². The molecule has 110 valence electrons. The van der Waals surface area contributed by atoms with Gasteiger partial charge in [-0.15, -0.1) is 0 Å². The van der Waals surface area contributed by atoms with E-state index in [0.29, 0.717) is 12.1 Å². The van der Waals surface area contributed by atoms with Gasteiger partial charge in [-0.25, -0.2) is 0 Å². The fraction of sp³-hybridized carbons (Fsp3) is 0.235. The van der Waals surface area contributed by atoms with E-state index in [1.165, 1.54) is 11.3 Å². The summed E-state index contributed by atoms with van der Waals surface area (Å²) in [7, 11) is 4.05. The minimum atomic E-state index is -0.400. The van der Waals surface area contributed by atoms with Crippen LogP contribution in [0.2, 0.25) is 0 Å². The van der Waals surface area contributed by atoms with Gasteiger partial charge in [0.1, 0.15) is 0 Å². The van der Waals surface area contributed by atoms with Crippen molar-refractivity contribution in [1.29, 1.82) is 0 Å². The lowest BCUT2D eigenvalue weighted by molar-refractivity contribution is 0.1000. The van der Waals surface area contributed by atoms with Gasteiger partial charge in [0.15, 0.2) is 0 Å². The average Bonchev–Trinajstić information content (AvgIpc) is 2.46. The molecule has 1 amide bonds. The average molecular weight is 283 g/mol. The zero-order valence-electron chi connectivity index (χ0n) is 12.7. The molecule has 2 aromatic rings. The van der Waals surface area contributed by atoms with E-state index in [4.69, 9.17) is 5.73 Å². The van der Waals surface area contributed by atoms with Crippen LogP contribution in [0.1, 0.15) is 21.5 Å². The van der Waals surface area contributed by atoms with Crippen LogP contribution in [0.25, 0.3) is 0 Å². The first-order valence-electron chi connectivity index (χ1n) is 6.88. The smallest absolute Gasteiger partial charge is 0.248 e. The van der Waals surface area contributed by atoms with Crippen molar-refractivity contribution in [3.8, 4) is 0 Å². The van der Waals surface area contributed by atoms with Crippen molar-refractivity contribution in [2.45, 2.75) is 13.5 Å². The van der Waals surface area contributed by atoms with Crippen LogP contribution in [0.3, 0.4) is 0 Å². The SMILES string of the molecule is Cc1cc(N(C)C)ccc1NCc1cccc(C(N)=O)c1. The standard InChI is InChI=1S/C17H21N3O/c1-12-9-15(20(2)3)7-8-16(12)19-11-13-5-4-6-14(10-13)17(18)21/h4-10,19H,11H2,1-3H3,(H2,18,21). The van der Waals surface area contributed by atoms with Crippen LogP contribution in [0.15, 0.2) is 42.5 Å². The van der Waals surface area contributed by atoms with Gasteiger partial charge in [-0.1, -0.05) is 12.1 Å². The summed E-state index contributed by atoms with van der Waals surface area (Å²) in [4.78, 5) is 13.3. The molecule has 0 fully saturated rings. The first kappa shape index (κ1) is 14.9. The van der Waals surface area contributed by atoms with Crippen molar-refractivity contribution >= 4 is 17.3 Å². The molecule has 4 nitrogen and oxygen atoms in total. The minimum absolute atomic E-state index is 0.400. The number of primary amides is 1. The van der Waals surface area contributed by atoms with Crippen LogP contribution in [0, 0.1) is 6.92 Å². The largest absolute Gasteiger partial charge is 0.381 e. The molecule has 0 aromatic heterocycles. The quantitative estimate of drug-likeness (QED) is 0.887. The second kappa shape index (κ2) is 6.31. The molecule has 0 atom stereocenters. The number of nitrogens with two attached hydrogens (primary N) is 1. The molecular weight excluding hydrogens is 262 g/mol. The first-order chi connectivity index (χ1) is 9.97. The maximum absolute atomic E-state index is 11.2. The number of nitrogens with one attached hydrogen (secondary N) is 1. The van der Waals surface area contributed by atoms with Crippen molar-refractivity contribution in [2.24, 2.45) is 5.73 Å². The Hall–Kier alpha value is -2.49. The lowest BCUT2D eigenvalue weighted by atomic mass is 10.1. The molecule has 4 heteroatoms. The molecule has 0 bridgehead atoms. The van der Waals surface area contributed by atoms with Gasteiger partial charge in [-0.2, -0.15) is 0 Å². The third-order valence-corrected chi connectivity index (χ3v) is 3.42. The summed E-state index contributed by atoms with van der Waals surface area (Å²) < 4.78 is 0. The summed E-state index contributed by atoms with van der Waals surface area (Å²) in [5.41, 5.74) is 10.3. The normalized spacial score (nSPS) is 10.2. The molecule has 0 aliphatic rings. The third kappa shape index (κ3) is 3.75. The maximum Gasteiger partial charge on any atom is 0.248 e. The Morgan fingerprint density at radius 1 is 1.19 bits per heavy atom. The molecule has 0 spiro atoms. The Morgan fingerprint density at radius 2 is 1.95 bits per heavy atom. The Balaban J connectivity index is 2.09. The molecule has 2 rings (SSSR count). The van der Waals surface area contributed by atoms with Crippen LogP contribution in [-0.2, 0) is 6.54 Å². The minimum Gasteiger partial charge on any atom is -0.381 e. The van der Waals surface area contributed by atoms with E-state index < -0.39 is 5.91 Å². The van der Waals surface area contributed by atoms with Gasteiger partial charge in [-0.05, 0) is 48.4 Å². The number of carbonyl (C=O) groups excluding carboxylic acids is 1. The number of hydrogen-bond acceptors (Lipinski definition) is 3. The lowest BCUT2D eigenvalue weighted by Gasteiger charge is -2.16. The molecule has 21 heavy (non-hydrogen) atoms. The van der Waals surface area contributed by atoms with Crippen LogP contribution in [-0.4, -0.2) is 20.0 Å². The number of nitrogens with zero attached hydrogens (tertiary/aromatic N) is 1. The maximum atomic E-state index is 11.2. The van der Waals surface area contributed by atoms with Crippen molar-refractivity contribution in [1.82, 2.24) is 0 Å². The lowest BCUT2D eigenvalue weighted by Crippen LogP contribution is -2.12. The third-order valence-electron chi connectivity index (χ3n) is 3.42. The second-order valence-corrected chi connectivity index (χ2v) is 5.31. The summed E-state index contributed by atoms with van der Waals surface area (Å²) in [6, 6.07) is 13.7. The molecule has 0 unspecified atom stereocenters. The Bertz CT molecular complexity index is 650. The molecule has 2 aromatic carbocycles. The predicted molar refractivity (Wildman–Crippen MR) is 87.8 cm³/mol. The van der Waals surface area contributed by atoms with Gasteiger partial charge in [0, 0.05) is 37.6 Å². The monoisotopic (exact) mass is 283 g/mol. The molecular formula is C17H21N3O. The van der Waals surface area contributed by atoms with Gasteiger partial charge in [0.25, 0.3) is 0 Å². The van der Waals surface area contributed by atoms with Crippen molar-refractivity contribution in [2.75, 3.05) is 24.3 Å². The summed E-state index contributed by atoms with van der Waals surface area (Å²) in [5.74, 6) is -0.400. The summed E-state index contributed by atoms with van der Waals surface area (Å²) in [6.07, 6.45) is 0. The number of aryl methyl sites for hydroxylation is 1. The molecule has 0 saturated heterocycles. The summed E-state index contributed by atoms with van der Waals surface area (Å²) in [5, 5.41) is 3.39. The van der Waals surface area contributed by atoms with E-state index in [1.807, 2.05) is 32.3 Å². The Morgan fingerprint density at radius 3 is 2.57 bits per heavy atom. The van der Waals surface area contributed by atoms with E-state index >= 15 is 0 Å². The number of benzene rings is 2. The summed E-state index contributed by atoms with van der Waals surface area (Å²) >= 11 is 0. The highest BCUT2D eigenvalue weighted by molar-refractivity contribution is 5.92. The highest BCUT2D eigenvalue weighted by Crippen LogP contribution is 2.22. The number of carbonyl (C=O) groups is 1. The first-order valence-corrected chi connectivity index (χ1v) is 6.88. The van der Waals surface area contributed by atoms with E-state index in [0.717, 1.165) is 11.3 Å². The van der Waals surface area contributed by atoms with Crippen LogP contribution < -0.4 is 16.0 Å². The van der Waals surface area contributed by atoms with Gasteiger partial charge in [0.05, 0.1) is 0 Å². The molecule has 0 heterocycles. The van der Waals surface area contributed by atoms with Crippen molar-refractivity contribution in [3.63, 3.8) is 0 Å². The Labute approximate surface area is 125 Å². The molecule has 0 aliphatic carbocycles. The highest BCUT2D eigenvalue weighted by Gasteiger charge is 2.04. The van der Waals surface area contributed by atoms with Crippen molar-refractivity contribution in [3.05, 3.63) is 59.2 Å². The Kier molecular flexibility index (Phi) is 4.48. The fourth-order valence-electron chi connectivity index (χ4n) is 2.16. The van der Waals surface area contributed by atoms with Gasteiger partial charge in [0.2, 0.25) is 5.91 Å².